The number of nitrogens with zero attached hydrogens (tertiary/aromatic N) is 2. The monoisotopic (exact) mass is 360 g/mol. The number of hydrogen-bond acceptors (Lipinski definition) is 4. The average molecular weight is 360 g/mol. The summed E-state index contributed by atoms with van der Waals surface area (Å²) in [5.41, 5.74) is -1.34. The number of hydrogen-bond donors (Lipinski definition) is 2. The van der Waals surface area contributed by atoms with Crippen LogP contribution < -0.4 is 11.2 Å². The molecule has 0 radical (unpaired) electrons. The molecule has 1 saturated carbocycles. The Bertz CT molecular complexity index is 840. The van der Waals surface area contributed by atoms with Crippen molar-refractivity contribution in [3.05, 3.63) is 32.6 Å². The maximum Gasteiger partial charge on any atom is 0.325 e. The molecule has 0 aromatic carbocycles. The Kier molecular flexibility index (Phi) is 4.20. The molecule has 0 bridgehead atoms. The van der Waals surface area contributed by atoms with Crippen LogP contribution >= 0.6 is 0 Å². The maximum absolute atomic E-state index is 13.0. The molecule has 1 atom stereocenters. The molecule has 4 rings (SSSR count). The van der Waals surface area contributed by atoms with E-state index in [1.807, 2.05) is 4.90 Å². The van der Waals surface area contributed by atoms with Crippen molar-refractivity contribution in [3.8, 4) is 0 Å². The molecule has 1 aromatic heterocycles. The first-order chi connectivity index (χ1) is 12.5. The van der Waals surface area contributed by atoms with E-state index in [1.165, 1.54) is 19.0 Å². The standard InChI is InChI=1S/C18H24N4O4/c23-14(8-13-9-19-17(26)20-15(13)24)22-7-5-18(11-22)4-1-6-21(16(18)25)10-12-2-3-12/h9,12H,1-8,10-11H2,(H2,19,20,24,26)/t18-/m0/s1. The average Bonchev–Trinajstić information content (AvgIpc) is 3.32. The highest BCUT2D eigenvalue weighted by molar-refractivity contribution is 5.86. The number of piperidine rings is 1. The van der Waals surface area contributed by atoms with Crippen LogP contribution in [0.1, 0.15) is 37.7 Å². The van der Waals surface area contributed by atoms with Crippen molar-refractivity contribution in [1.29, 1.82) is 0 Å². The molecule has 2 aliphatic heterocycles. The predicted molar refractivity (Wildman–Crippen MR) is 93.6 cm³/mol. The molecule has 8 nitrogen and oxygen atoms in total. The van der Waals surface area contributed by atoms with Crippen molar-refractivity contribution in [1.82, 2.24) is 19.8 Å². The molecule has 2 N–H and O–H groups in total. The number of carbonyl (C=O) groups is 2. The van der Waals surface area contributed by atoms with Gasteiger partial charge < -0.3 is 14.8 Å². The molecular formula is C18H24N4O4. The summed E-state index contributed by atoms with van der Waals surface area (Å²) in [7, 11) is 0. The van der Waals surface area contributed by atoms with Crippen molar-refractivity contribution in [2.24, 2.45) is 11.3 Å². The maximum atomic E-state index is 13.0. The van der Waals surface area contributed by atoms with Crippen molar-refractivity contribution >= 4 is 11.8 Å². The summed E-state index contributed by atoms with van der Waals surface area (Å²) in [6, 6.07) is 0. The minimum atomic E-state index is -0.588. The zero-order valence-electron chi connectivity index (χ0n) is 14.8. The third-order valence-corrected chi connectivity index (χ3v) is 5.94. The lowest BCUT2D eigenvalue weighted by Gasteiger charge is -2.39. The number of likely N-dealkylation sites (tertiary alicyclic amines) is 2. The second-order valence-corrected chi connectivity index (χ2v) is 7.92. The van der Waals surface area contributed by atoms with Gasteiger partial charge in [0.1, 0.15) is 0 Å². The Labute approximate surface area is 150 Å². The number of aromatic nitrogens is 2. The fourth-order valence-corrected chi connectivity index (χ4v) is 4.25. The van der Waals surface area contributed by atoms with E-state index >= 15 is 0 Å². The Morgan fingerprint density at radius 1 is 1.19 bits per heavy atom. The van der Waals surface area contributed by atoms with Crippen LogP contribution in [-0.4, -0.2) is 57.8 Å². The molecule has 3 heterocycles. The van der Waals surface area contributed by atoms with Gasteiger partial charge in [-0.05, 0) is 38.0 Å². The molecule has 2 saturated heterocycles. The predicted octanol–water partition coefficient (Wildman–Crippen LogP) is -0.143. The van der Waals surface area contributed by atoms with E-state index in [4.69, 9.17) is 0 Å². The number of rotatable bonds is 4. The van der Waals surface area contributed by atoms with Gasteiger partial charge >= 0.3 is 5.69 Å². The van der Waals surface area contributed by atoms with Gasteiger partial charge in [0.2, 0.25) is 11.8 Å². The number of nitrogens with one attached hydrogen (secondary N) is 2. The van der Waals surface area contributed by atoms with Crippen LogP contribution in [-0.2, 0) is 16.0 Å². The lowest BCUT2D eigenvalue weighted by molar-refractivity contribution is -0.146. The summed E-state index contributed by atoms with van der Waals surface area (Å²) < 4.78 is 0. The van der Waals surface area contributed by atoms with E-state index in [1.54, 1.807) is 4.90 Å². The largest absolute Gasteiger partial charge is 0.342 e. The van der Waals surface area contributed by atoms with Gasteiger partial charge in [0, 0.05) is 37.9 Å². The molecule has 1 aliphatic carbocycles. The normalized spacial score (nSPS) is 25.9. The van der Waals surface area contributed by atoms with Crippen LogP contribution in [0, 0.1) is 11.3 Å². The first-order valence-electron chi connectivity index (χ1n) is 9.35. The highest BCUT2D eigenvalue weighted by atomic mass is 16.2. The Morgan fingerprint density at radius 2 is 2.00 bits per heavy atom. The van der Waals surface area contributed by atoms with Crippen LogP contribution in [0.4, 0.5) is 0 Å². The summed E-state index contributed by atoms with van der Waals surface area (Å²) in [5, 5.41) is 0. The van der Waals surface area contributed by atoms with Crippen molar-refractivity contribution in [3.63, 3.8) is 0 Å². The second kappa shape index (κ2) is 6.41. The highest BCUT2D eigenvalue weighted by Crippen LogP contribution is 2.41. The molecule has 26 heavy (non-hydrogen) atoms. The Morgan fingerprint density at radius 3 is 2.73 bits per heavy atom. The highest BCUT2D eigenvalue weighted by Gasteiger charge is 2.49. The minimum Gasteiger partial charge on any atom is -0.342 e. The van der Waals surface area contributed by atoms with E-state index in [0.29, 0.717) is 25.4 Å². The van der Waals surface area contributed by atoms with Crippen LogP contribution in [0.2, 0.25) is 0 Å². The molecular weight excluding hydrogens is 336 g/mol. The zero-order valence-corrected chi connectivity index (χ0v) is 14.8. The summed E-state index contributed by atoms with van der Waals surface area (Å²) >= 11 is 0. The van der Waals surface area contributed by atoms with Crippen molar-refractivity contribution in [2.45, 2.75) is 38.5 Å². The van der Waals surface area contributed by atoms with Gasteiger partial charge in [0.05, 0.1) is 11.8 Å². The van der Waals surface area contributed by atoms with E-state index in [9.17, 15) is 19.2 Å². The van der Waals surface area contributed by atoms with E-state index in [0.717, 1.165) is 25.9 Å². The van der Waals surface area contributed by atoms with Gasteiger partial charge in [-0.15, -0.1) is 0 Å². The topological polar surface area (TPSA) is 106 Å². The molecule has 1 aromatic rings. The SMILES string of the molecule is O=C(Cc1c[nH]c(=O)[nH]c1=O)N1CC[C@@]2(CCCN(CC3CC3)C2=O)C1. The third-order valence-electron chi connectivity index (χ3n) is 5.94. The molecule has 2 amide bonds. The van der Waals surface area contributed by atoms with Crippen molar-refractivity contribution in [2.75, 3.05) is 26.2 Å². The van der Waals surface area contributed by atoms with Gasteiger partial charge in [0.25, 0.3) is 5.56 Å². The first-order valence-corrected chi connectivity index (χ1v) is 9.35. The summed E-state index contributed by atoms with van der Waals surface area (Å²) in [5.74, 6) is 0.694. The van der Waals surface area contributed by atoms with Crippen LogP contribution in [0.15, 0.2) is 15.8 Å². The van der Waals surface area contributed by atoms with Gasteiger partial charge in [0.15, 0.2) is 0 Å². The van der Waals surface area contributed by atoms with Gasteiger partial charge in [-0.2, -0.15) is 0 Å². The first kappa shape index (κ1) is 17.1. The number of carbonyl (C=O) groups excluding carboxylic acids is 2. The number of H-pyrrole nitrogens is 2. The van der Waals surface area contributed by atoms with Crippen molar-refractivity contribution < 1.29 is 9.59 Å². The van der Waals surface area contributed by atoms with Crippen LogP contribution in [0.5, 0.6) is 0 Å². The van der Waals surface area contributed by atoms with E-state index in [2.05, 4.69) is 9.97 Å². The second-order valence-electron chi connectivity index (χ2n) is 7.92. The van der Waals surface area contributed by atoms with Crippen LogP contribution in [0.25, 0.3) is 0 Å². The molecule has 1 spiro atoms. The summed E-state index contributed by atoms with van der Waals surface area (Å²) in [6.07, 6.45) is 6.16. The van der Waals surface area contributed by atoms with Gasteiger partial charge in [-0.25, -0.2) is 4.79 Å². The minimum absolute atomic E-state index is 0.0673. The summed E-state index contributed by atoms with van der Waals surface area (Å²) in [4.78, 5) is 56.7. The smallest absolute Gasteiger partial charge is 0.325 e. The lowest BCUT2D eigenvalue weighted by atomic mass is 9.78. The van der Waals surface area contributed by atoms with E-state index in [-0.39, 0.29) is 23.8 Å². The van der Waals surface area contributed by atoms with Crippen LogP contribution in [0.3, 0.4) is 0 Å². The molecule has 3 aliphatic rings. The van der Waals surface area contributed by atoms with E-state index < -0.39 is 16.7 Å². The lowest BCUT2D eigenvalue weighted by Crippen LogP contribution is -2.51. The Balaban J connectivity index is 1.43. The zero-order chi connectivity index (χ0) is 18.3. The number of aromatic amines is 2. The number of amides is 2. The van der Waals surface area contributed by atoms with Gasteiger partial charge in [-0.3, -0.25) is 19.4 Å². The third kappa shape index (κ3) is 3.20. The molecule has 3 fully saturated rings. The summed E-state index contributed by atoms with van der Waals surface area (Å²) in [6.45, 7) is 2.68. The molecule has 140 valence electrons. The van der Waals surface area contributed by atoms with Gasteiger partial charge in [-0.1, -0.05) is 0 Å². The Hall–Kier alpha value is -2.38. The fraction of sp³-hybridized carbons (Fsp3) is 0.667. The fourth-order valence-electron chi connectivity index (χ4n) is 4.25. The molecule has 0 unspecified atom stereocenters. The molecule has 8 heteroatoms. The quantitative estimate of drug-likeness (QED) is 0.779.